The number of phenolic OH excluding ortho intramolecular Hbond substituents is 1. The van der Waals surface area contributed by atoms with Gasteiger partial charge in [0.25, 0.3) is 0 Å². The highest BCUT2D eigenvalue weighted by Gasteiger charge is 2.08. The van der Waals surface area contributed by atoms with Gasteiger partial charge in [-0.1, -0.05) is 39.0 Å². The Morgan fingerprint density at radius 2 is 1.44 bits per heavy atom. The smallest absolute Gasteiger partial charge is 0.343 e. The van der Waals surface area contributed by atoms with E-state index in [0.717, 1.165) is 12.2 Å². The number of carbonyl (C=O) groups excluding carboxylic acids is 1. The molecule has 4 nitrogen and oxygen atoms in total. The Kier molecular flexibility index (Phi) is 7.83. The van der Waals surface area contributed by atoms with Crippen LogP contribution in [0.4, 0.5) is 0 Å². The van der Waals surface area contributed by atoms with Crippen LogP contribution in [0, 0.1) is 0 Å². The molecule has 2 aromatic carbocycles. The number of unbranched alkanes of at least 4 members (excludes halogenated alkanes) is 5. The summed E-state index contributed by atoms with van der Waals surface area (Å²) in [5.74, 6) is 0.896. The van der Waals surface area contributed by atoms with Crippen LogP contribution in [-0.2, 0) is 0 Å². The lowest BCUT2D eigenvalue weighted by molar-refractivity contribution is 0.0734. The van der Waals surface area contributed by atoms with Crippen LogP contribution in [0.2, 0.25) is 0 Å². The molecule has 25 heavy (non-hydrogen) atoms. The number of phenols is 1. The normalized spacial score (nSPS) is 10.4. The molecule has 0 amide bonds. The van der Waals surface area contributed by atoms with Crippen LogP contribution in [0.5, 0.6) is 17.2 Å². The number of ether oxygens (including phenoxy) is 2. The zero-order valence-corrected chi connectivity index (χ0v) is 14.7. The fourth-order valence-corrected chi connectivity index (χ4v) is 2.44. The summed E-state index contributed by atoms with van der Waals surface area (Å²) in [5.41, 5.74) is 0.390. The van der Waals surface area contributed by atoms with Crippen LogP contribution in [0.15, 0.2) is 48.5 Å². The SMILES string of the molecule is CCCCCCCCOc1ccc(OC(=O)c2ccc(O)cc2)cc1. The molecule has 0 unspecified atom stereocenters. The molecule has 0 atom stereocenters. The topological polar surface area (TPSA) is 55.8 Å². The number of hydrogen-bond acceptors (Lipinski definition) is 4. The number of esters is 1. The van der Waals surface area contributed by atoms with Crippen LogP contribution < -0.4 is 9.47 Å². The van der Waals surface area contributed by atoms with E-state index in [0.29, 0.717) is 17.9 Å². The molecule has 2 aromatic rings. The van der Waals surface area contributed by atoms with Gasteiger partial charge in [0.1, 0.15) is 17.2 Å². The van der Waals surface area contributed by atoms with Crippen molar-refractivity contribution in [3.05, 3.63) is 54.1 Å². The lowest BCUT2D eigenvalue weighted by Crippen LogP contribution is -2.08. The highest BCUT2D eigenvalue weighted by atomic mass is 16.5. The van der Waals surface area contributed by atoms with Crippen molar-refractivity contribution in [2.75, 3.05) is 6.61 Å². The molecule has 0 spiro atoms. The predicted molar refractivity (Wildman–Crippen MR) is 98.4 cm³/mol. The number of aromatic hydroxyl groups is 1. The van der Waals surface area contributed by atoms with E-state index < -0.39 is 5.97 Å². The van der Waals surface area contributed by atoms with Gasteiger partial charge in [-0.15, -0.1) is 0 Å². The molecule has 0 saturated carbocycles. The van der Waals surface area contributed by atoms with Crippen molar-refractivity contribution in [1.82, 2.24) is 0 Å². The zero-order valence-electron chi connectivity index (χ0n) is 14.7. The molecule has 0 radical (unpaired) electrons. The Morgan fingerprint density at radius 3 is 2.12 bits per heavy atom. The summed E-state index contributed by atoms with van der Waals surface area (Å²) < 4.78 is 11.0. The Hall–Kier alpha value is -2.49. The summed E-state index contributed by atoms with van der Waals surface area (Å²) in [6.07, 6.45) is 7.40. The summed E-state index contributed by atoms with van der Waals surface area (Å²) in [6.45, 7) is 2.92. The molecule has 1 N–H and O–H groups in total. The Bertz CT molecular complexity index is 632. The molecular weight excluding hydrogens is 316 g/mol. The van der Waals surface area contributed by atoms with Crippen molar-refractivity contribution in [3.63, 3.8) is 0 Å². The standard InChI is InChI=1S/C21H26O4/c1-2-3-4-5-6-7-16-24-19-12-14-20(15-13-19)25-21(23)17-8-10-18(22)11-9-17/h8-15,22H,2-7,16H2,1H3. The highest BCUT2D eigenvalue weighted by molar-refractivity contribution is 5.91. The predicted octanol–water partition coefficient (Wildman–Crippen LogP) is 5.35. The van der Waals surface area contributed by atoms with E-state index in [1.165, 1.54) is 56.4 Å². The molecule has 0 bridgehead atoms. The summed E-state index contributed by atoms with van der Waals surface area (Å²) >= 11 is 0. The largest absolute Gasteiger partial charge is 0.508 e. The van der Waals surface area contributed by atoms with E-state index in [2.05, 4.69) is 6.92 Å². The van der Waals surface area contributed by atoms with Crippen LogP contribution in [-0.4, -0.2) is 17.7 Å². The first kappa shape index (κ1) is 18.8. The molecule has 4 heteroatoms. The zero-order chi connectivity index (χ0) is 17.9. The average molecular weight is 342 g/mol. The first-order valence-corrected chi connectivity index (χ1v) is 8.93. The van der Waals surface area contributed by atoms with Gasteiger partial charge in [-0.3, -0.25) is 0 Å². The maximum atomic E-state index is 12.0. The van der Waals surface area contributed by atoms with Crippen molar-refractivity contribution in [2.45, 2.75) is 45.4 Å². The van der Waals surface area contributed by atoms with Gasteiger partial charge in [0.15, 0.2) is 0 Å². The first-order chi connectivity index (χ1) is 12.2. The fourth-order valence-electron chi connectivity index (χ4n) is 2.44. The maximum Gasteiger partial charge on any atom is 0.343 e. The van der Waals surface area contributed by atoms with E-state index in [1.807, 2.05) is 0 Å². The fraction of sp³-hybridized carbons (Fsp3) is 0.381. The Labute approximate surface area is 149 Å². The van der Waals surface area contributed by atoms with Crippen LogP contribution in [0.1, 0.15) is 55.8 Å². The third-order valence-electron chi connectivity index (χ3n) is 3.90. The molecule has 134 valence electrons. The summed E-state index contributed by atoms with van der Waals surface area (Å²) in [6, 6.07) is 13.0. The second-order valence-electron chi connectivity index (χ2n) is 6.02. The van der Waals surface area contributed by atoms with Gasteiger partial charge >= 0.3 is 5.97 Å². The molecule has 0 saturated heterocycles. The number of hydrogen-bond donors (Lipinski definition) is 1. The van der Waals surface area contributed by atoms with E-state index in [-0.39, 0.29) is 5.75 Å². The van der Waals surface area contributed by atoms with Gasteiger partial charge in [-0.05, 0) is 55.0 Å². The van der Waals surface area contributed by atoms with E-state index >= 15 is 0 Å². The molecule has 2 rings (SSSR count). The molecule has 0 fully saturated rings. The third kappa shape index (κ3) is 6.87. The molecule has 0 aliphatic heterocycles. The highest BCUT2D eigenvalue weighted by Crippen LogP contribution is 2.20. The van der Waals surface area contributed by atoms with Crippen molar-refractivity contribution in [3.8, 4) is 17.2 Å². The van der Waals surface area contributed by atoms with Crippen molar-refractivity contribution in [1.29, 1.82) is 0 Å². The molecule has 0 aromatic heterocycles. The maximum absolute atomic E-state index is 12.0. The lowest BCUT2D eigenvalue weighted by Gasteiger charge is -2.08. The monoisotopic (exact) mass is 342 g/mol. The first-order valence-electron chi connectivity index (χ1n) is 8.93. The van der Waals surface area contributed by atoms with Crippen LogP contribution >= 0.6 is 0 Å². The summed E-state index contributed by atoms with van der Waals surface area (Å²) in [5, 5.41) is 9.24. The van der Waals surface area contributed by atoms with E-state index in [1.54, 1.807) is 24.3 Å². The molecular formula is C21H26O4. The minimum Gasteiger partial charge on any atom is -0.508 e. The third-order valence-corrected chi connectivity index (χ3v) is 3.90. The second kappa shape index (κ2) is 10.4. The average Bonchev–Trinajstić information content (AvgIpc) is 2.63. The van der Waals surface area contributed by atoms with Crippen molar-refractivity contribution < 1.29 is 19.4 Å². The number of carbonyl (C=O) groups is 1. The van der Waals surface area contributed by atoms with Gasteiger partial charge in [0.05, 0.1) is 12.2 Å². The lowest BCUT2D eigenvalue weighted by atomic mass is 10.1. The number of benzene rings is 2. The molecule has 0 heterocycles. The van der Waals surface area contributed by atoms with E-state index in [4.69, 9.17) is 9.47 Å². The van der Waals surface area contributed by atoms with Crippen molar-refractivity contribution in [2.24, 2.45) is 0 Å². The molecule has 0 aliphatic carbocycles. The Balaban J connectivity index is 1.72. The van der Waals surface area contributed by atoms with Crippen molar-refractivity contribution >= 4 is 5.97 Å². The van der Waals surface area contributed by atoms with Gasteiger partial charge in [-0.25, -0.2) is 4.79 Å². The summed E-state index contributed by atoms with van der Waals surface area (Å²) in [4.78, 5) is 12.0. The van der Waals surface area contributed by atoms with Gasteiger partial charge in [-0.2, -0.15) is 0 Å². The van der Waals surface area contributed by atoms with Gasteiger partial charge in [0, 0.05) is 0 Å². The number of rotatable bonds is 10. The quantitative estimate of drug-likeness (QED) is 0.359. The molecule has 0 aliphatic rings. The minimum atomic E-state index is -0.458. The second-order valence-corrected chi connectivity index (χ2v) is 6.02. The Morgan fingerprint density at radius 1 is 0.840 bits per heavy atom. The van der Waals surface area contributed by atoms with Gasteiger partial charge in [0.2, 0.25) is 0 Å². The van der Waals surface area contributed by atoms with E-state index in [9.17, 15) is 9.90 Å². The van der Waals surface area contributed by atoms with Crippen LogP contribution in [0.3, 0.4) is 0 Å². The minimum absolute atomic E-state index is 0.114. The van der Waals surface area contributed by atoms with Gasteiger partial charge < -0.3 is 14.6 Å². The van der Waals surface area contributed by atoms with Crippen LogP contribution in [0.25, 0.3) is 0 Å². The summed E-state index contributed by atoms with van der Waals surface area (Å²) in [7, 11) is 0.